The molecular weight excluding hydrogens is 504 g/mol. The number of aromatic nitrogens is 4. The second-order valence-electron chi connectivity index (χ2n) is 8.34. The molecule has 2 aromatic heterocycles. The minimum Gasteiger partial charge on any atom is -0.322 e. The molecule has 0 atom stereocenters. The number of fused-ring (bicyclic) bond motifs is 1. The zero-order valence-corrected chi connectivity index (χ0v) is 21.5. The van der Waals surface area contributed by atoms with Crippen LogP contribution in [-0.4, -0.2) is 38.1 Å². The highest BCUT2D eigenvalue weighted by Gasteiger charge is 2.37. The van der Waals surface area contributed by atoms with Gasteiger partial charge in [-0.05, 0) is 43.3 Å². The molecule has 0 radical (unpaired) electrons. The van der Waals surface area contributed by atoms with E-state index in [2.05, 4.69) is 20.4 Å². The normalized spacial score (nSPS) is 12.6. The summed E-state index contributed by atoms with van der Waals surface area (Å²) < 4.78 is 31.4. The van der Waals surface area contributed by atoms with E-state index in [9.17, 15) is 18.4 Å². The van der Waals surface area contributed by atoms with E-state index in [1.54, 1.807) is 18.2 Å². The monoisotopic (exact) mass is 529 g/mol. The van der Waals surface area contributed by atoms with E-state index in [1.165, 1.54) is 65.3 Å². The number of halogens is 2. The number of hydrogen-bond donors (Lipinski definition) is 1. The first-order chi connectivity index (χ1) is 18.8. The molecular formula is C28H25F2N7O2. The first-order valence-corrected chi connectivity index (χ1v) is 12.3. The lowest BCUT2D eigenvalue weighted by Crippen LogP contribution is -2.41. The maximum atomic E-state index is 15.0. The summed E-state index contributed by atoms with van der Waals surface area (Å²) >= 11 is 0. The molecule has 0 aliphatic carbocycles. The number of nitrogens with zero attached hydrogens (tertiary/aromatic N) is 6. The summed E-state index contributed by atoms with van der Waals surface area (Å²) in [5.74, 6) is -4.14. The van der Waals surface area contributed by atoms with Gasteiger partial charge in [0.05, 0.1) is 29.9 Å². The molecule has 3 heterocycles. The summed E-state index contributed by atoms with van der Waals surface area (Å²) in [6.45, 7) is 6.10. The maximum Gasteiger partial charge on any atom is 0.315 e. The van der Waals surface area contributed by atoms with Crippen LogP contribution in [0.5, 0.6) is 0 Å². The number of anilines is 2. The van der Waals surface area contributed by atoms with E-state index in [4.69, 9.17) is 5.26 Å². The van der Waals surface area contributed by atoms with E-state index in [-0.39, 0.29) is 29.2 Å². The summed E-state index contributed by atoms with van der Waals surface area (Å²) in [5.41, 5.74) is 0.653. The first kappa shape index (κ1) is 27.1. The molecule has 11 heteroatoms. The van der Waals surface area contributed by atoms with Crippen molar-refractivity contribution in [2.24, 2.45) is 0 Å². The lowest BCUT2D eigenvalue weighted by molar-refractivity contribution is 0.0376. The molecule has 2 amide bonds. The Morgan fingerprint density at radius 1 is 1.10 bits per heavy atom. The number of aryl methyl sites for hydroxylation is 1. The van der Waals surface area contributed by atoms with Gasteiger partial charge in [0.25, 0.3) is 11.8 Å². The van der Waals surface area contributed by atoms with Gasteiger partial charge in [-0.25, -0.2) is 9.97 Å². The fourth-order valence-corrected chi connectivity index (χ4v) is 4.11. The van der Waals surface area contributed by atoms with Crippen molar-refractivity contribution in [3.8, 4) is 6.07 Å². The van der Waals surface area contributed by atoms with Gasteiger partial charge in [-0.1, -0.05) is 32.0 Å². The second-order valence-corrected chi connectivity index (χ2v) is 8.34. The van der Waals surface area contributed by atoms with Crippen molar-refractivity contribution in [1.29, 1.82) is 5.26 Å². The molecule has 2 aromatic carbocycles. The summed E-state index contributed by atoms with van der Waals surface area (Å²) in [6, 6.07) is 14.9. The smallest absolute Gasteiger partial charge is 0.315 e. The molecule has 0 fully saturated rings. The van der Waals surface area contributed by atoms with Crippen LogP contribution >= 0.6 is 0 Å². The third kappa shape index (κ3) is 5.36. The van der Waals surface area contributed by atoms with Crippen molar-refractivity contribution in [2.75, 3.05) is 16.8 Å². The van der Waals surface area contributed by atoms with Crippen molar-refractivity contribution in [3.63, 3.8) is 0 Å². The first-order valence-electron chi connectivity index (χ1n) is 12.3. The predicted octanol–water partition coefficient (Wildman–Crippen LogP) is 4.93. The van der Waals surface area contributed by atoms with E-state index in [0.29, 0.717) is 23.5 Å². The standard InChI is InChI=1S/C26H19F2N7O2.C2H6/c1-16-30-10-9-22(32-16)26(27,28)18-5-7-20(8-6-18)34-11-12-35-23(25(34)37)21(15-31-35)24(36)33-19-4-2-3-17(13-19)14-29;1-2/h2-10,13,15H,11-12H2,1H3,(H,33,36);1-2H3. The van der Waals surface area contributed by atoms with Crippen LogP contribution in [-0.2, 0) is 12.5 Å². The highest BCUT2D eigenvalue weighted by molar-refractivity contribution is 6.15. The molecule has 0 unspecified atom stereocenters. The number of carbonyl (C=O) groups is 2. The zero-order chi connectivity index (χ0) is 28.2. The molecule has 5 rings (SSSR count). The number of rotatable bonds is 5. The molecule has 1 aliphatic rings. The van der Waals surface area contributed by atoms with E-state index >= 15 is 0 Å². The maximum absolute atomic E-state index is 15.0. The Balaban J connectivity index is 0.00000172. The van der Waals surface area contributed by atoms with Crippen molar-refractivity contribution >= 4 is 23.2 Å². The van der Waals surface area contributed by atoms with Crippen molar-refractivity contribution in [1.82, 2.24) is 19.7 Å². The van der Waals surface area contributed by atoms with Crippen molar-refractivity contribution in [3.05, 3.63) is 101 Å². The van der Waals surface area contributed by atoms with E-state index in [1.807, 2.05) is 19.9 Å². The van der Waals surface area contributed by atoms with Gasteiger partial charge >= 0.3 is 5.92 Å². The Morgan fingerprint density at radius 3 is 2.54 bits per heavy atom. The number of amides is 2. The van der Waals surface area contributed by atoms with Gasteiger partial charge in [0.15, 0.2) is 0 Å². The van der Waals surface area contributed by atoms with Gasteiger partial charge in [0, 0.05) is 29.7 Å². The lowest BCUT2D eigenvalue weighted by atomic mass is 10.0. The number of nitriles is 1. The van der Waals surface area contributed by atoms with Crippen LogP contribution in [0.3, 0.4) is 0 Å². The Morgan fingerprint density at radius 2 is 1.85 bits per heavy atom. The number of carbonyl (C=O) groups excluding carboxylic acids is 2. The molecule has 0 saturated carbocycles. The zero-order valence-electron chi connectivity index (χ0n) is 21.5. The Hall–Kier alpha value is -4.98. The Labute approximate surface area is 223 Å². The number of hydrogen-bond acceptors (Lipinski definition) is 6. The third-order valence-electron chi connectivity index (χ3n) is 5.96. The van der Waals surface area contributed by atoms with Crippen LogP contribution in [0.15, 0.2) is 67.0 Å². The van der Waals surface area contributed by atoms with E-state index in [0.717, 1.165) is 0 Å². The van der Waals surface area contributed by atoms with Gasteiger partial charge in [-0.2, -0.15) is 19.1 Å². The summed E-state index contributed by atoms with van der Waals surface area (Å²) in [6.07, 6.45) is 2.59. The molecule has 39 heavy (non-hydrogen) atoms. The predicted molar refractivity (Wildman–Crippen MR) is 141 cm³/mol. The van der Waals surface area contributed by atoms with E-state index < -0.39 is 23.4 Å². The third-order valence-corrected chi connectivity index (χ3v) is 5.96. The van der Waals surface area contributed by atoms with Gasteiger partial charge in [-0.15, -0.1) is 0 Å². The van der Waals surface area contributed by atoms with Crippen LogP contribution < -0.4 is 10.2 Å². The van der Waals surface area contributed by atoms with Crippen LogP contribution in [0.1, 0.15) is 57.3 Å². The van der Waals surface area contributed by atoms with Crippen LogP contribution in [0.2, 0.25) is 0 Å². The molecule has 4 aromatic rings. The molecule has 1 aliphatic heterocycles. The second kappa shape index (κ2) is 11.2. The van der Waals surface area contributed by atoms with Gasteiger partial charge in [0.1, 0.15) is 17.2 Å². The van der Waals surface area contributed by atoms with Crippen LogP contribution in [0.25, 0.3) is 0 Å². The van der Waals surface area contributed by atoms with Gasteiger partial charge < -0.3 is 10.2 Å². The number of alkyl halides is 2. The molecule has 1 N–H and O–H groups in total. The highest BCUT2D eigenvalue weighted by atomic mass is 19.3. The minimum absolute atomic E-state index is 0.0688. The average molecular weight is 530 g/mol. The average Bonchev–Trinajstić information content (AvgIpc) is 3.40. The Bertz CT molecular complexity index is 1560. The van der Waals surface area contributed by atoms with Crippen molar-refractivity contribution < 1.29 is 18.4 Å². The van der Waals surface area contributed by atoms with Crippen molar-refractivity contribution in [2.45, 2.75) is 33.2 Å². The molecule has 0 bridgehead atoms. The van der Waals surface area contributed by atoms with Crippen LogP contribution in [0, 0.1) is 18.3 Å². The fourth-order valence-electron chi connectivity index (χ4n) is 4.11. The summed E-state index contributed by atoms with van der Waals surface area (Å²) in [7, 11) is 0. The largest absolute Gasteiger partial charge is 0.322 e. The van der Waals surface area contributed by atoms with Gasteiger partial charge in [0.2, 0.25) is 0 Å². The number of benzene rings is 2. The number of nitrogens with one attached hydrogen (secondary N) is 1. The molecule has 0 saturated heterocycles. The fraction of sp³-hybridized carbons (Fsp3) is 0.214. The summed E-state index contributed by atoms with van der Waals surface area (Å²) in [4.78, 5) is 35.4. The summed E-state index contributed by atoms with van der Waals surface area (Å²) in [5, 5.41) is 15.9. The topological polar surface area (TPSA) is 117 Å². The SMILES string of the molecule is CC.Cc1nccc(C(F)(F)c2ccc(N3CCn4ncc(C(=O)Nc5cccc(C#N)c5)c4C3=O)cc2)n1. The molecule has 9 nitrogen and oxygen atoms in total. The van der Waals surface area contributed by atoms with Crippen LogP contribution in [0.4, 0.5) is 20.2 Å². The quantitative estimate of drug-likeness (QED) is 0.392. The molecule has 198 valence electrons. The Kier molecular flexibility index (Phi) is 7.76. The molecule has 0 spiro atoms. The van der Waals surface area contributed by atoms with Gasteiger partial charge in [-0.3, -0.25) is 14.3 Å². The lowest BCUT2D eigenvalue weighted by Gasteiger charge is -2.28. The minimum atomic E-state index is -3.34. The highest BCUT2D eigenvalue weighted by Crippen LogP contribution is 2.35.